The topological polar surface area (TPSA) is 9.23 Å². The monoisotopic (exact) mass is 370 g/mol. The Bertz CT molecular complexity index is 690. The molecular weight excluding hydrogens is 339 g/mol. The molecule has 2 aromatic rings. The normalized spacial score (nSPS) is 20.1. The molecule has 1 fully saturated rings. The molecule has 3 heteroatoms. The first-order chi connectivity index (χ1) is 12.7. The van der Waals surface area contributed by atoms with Crippen LogP contribution in [0, 0.1) is 5.82 Å². The summed E-state index contributed by atoms with van der Waals surface area (Å²) in [5.74, 6) is 1.04. The van der Waals surface area contributed by atoms with Crippen LogP contribution in [0.2, 0.25) is 18.1 Å². The van der Waals surface area contributed by atoms with Crippen molar-refractivity contribution in [2.45, 2.75) is 63.1 Å². The number of hydrogen-bond acceptors (Lipinski definition) is 1. The van der Waals surface area contributed by atoms with Gasteiger partial charge < -0.3 is 4.74 Å². The second-order valence-electron chi connectivity index (χ2n) is 7.68. The fourth-order valence-electron chi connectivity index (χ4n) is 4.26. The summed E-state index contributed by atoms with van der Waals surface area (Å²) in [7, 11) is 1.11. The van der Waals surface area contributed by atoms with Gasteiger partial charge in [0.1, 0.15) is 11.6 Å². The van der Waals surface area contributed by atoms with Crippen molar-refractivity contribution in [1.82, 2.24) is 0 Å². The molecule has 2 aromatic carbocycles. The van der Waals surface area contributed by atoms with E-state index >= 15 is 0 Å². The van der Waals surface area contributed by atoms with Crippen molar-refractivity contribution in [3.8, 4) is 16.9 Å². The van der Waals surface area contributed by atoms with Gasteiger partial charge in [0, 0.05) is 20.4 Å². The smallest absolute Gasteiger partial charge is 0.134 e. The third kappa shape index (κ3) is 4.76. The lowest BCUT2D eigenvalue weighted by Gasteiger charge is -2.28. The van der Waals surface area contributed by atoms with Gasteiger partial charge in [0.05, 0.1) is 7.11 Å². The van der Waals surface area contributed by atoms with Crippen LogP contribution in [0.25, 0.3) is 11.1 Å². The summed E-state index contributed by atoms with van der Waals surface area (Å²) in [6.45, 7) is 2.29. The standard InChI is InChI=1S/C23H31FOSi/c1-3-4-5-14-26-15-12-19(13-16-26)18-6-8-20(9-7-18)22-11-10-21(25-2)17-23(22)24/h6-11,17,19,26H,3-5,12-16H2,1-2H3. The summed E-state index contributed by atoms with van der Waals surface area (Å²) in [4.78, 5) is 0. The summed E-state index contributed by atoms with van der Waals surface area (Å²) >= 11 is 0. The minimum atomic E-state index is -0.455. The van der Waals surface area contributed by atoms with Crippen molar-refractivity contribution < 1.29 is 9.13 Å². The summed E-state index contributed by atoms with van der Waals surface area (Å²) < 4.78 is 19.4. The third-order valence-corrected chi connectivity index (χ3v) is 9.46. The molecular formula is C23H31FOSi. The first-order valence-electron chi connectivity index (χ1n) is 10.1. The predicted molar refractivity (Wildman–Crippen MR) is 111 cm³/mol. The SMILES string of the molecule is CCCCC[SiH]1CCC(c2ccc(-c3ccc(OC)cc3F)cc2)CC1. The van der Waals surface area contributed by atoms with Crippen LogP contribution in [0.5, 0.6) is 5.75 Å². The van der Waals surface area contributed by atoms with Gasteiger partial charge in [0.25, 0.3) is 0 Å². The van der Waals surface area contributed by atoms with Crippen molar-refractivity contribution in [1.29, 1.82) is 0 Å². The van der Waals surface area contributed by atoms with Crippen LogP contribution < -0.4 is 4.74 Å². The second kappa shape index (κ2) is 9.36. The van der Waals surface area contributed by atoms with E-state index in [9.17, 15) is 4.39 Å². The Morgan fingerprint density at radius 2 is 1.77 bits per heavy atom. The number of unbranched alkanes of at least 4 members (excludes halogenated alkanes) is 2. The van der Waals surface area contributed by atoms with Crippen LogP contribution in [0.4, 0.5) is 4.39 Å². The average molecular weight is 371 g/mol. The van der Waals surface area contributed by atoms with E-state index in [-0.39, 0.29) is 5.82 Å². The molecule has 0 spiro atoms. The molecule has 0 aromatic heterocycles. The maximum atomic E-state index is 14.3. The fraction of sp³-hybridized carbons (Fsp3) is 0.478. The minimum absolute atomic E-state index is 0.226. The Labute approximate surface area is 159 Å². The maximum Gasteiger partial charge on any atom is 0.134 e. The molecule has 1 aliphatic heterocycles. The van der Waals surface area contributed by atoms with Gasteiger partial charge in [0.2, 0.25) is 0 Å². The summed E-state index contributed by atoms with van der Waals surface area (Å²) in [6.07, 6.45) is 6.93. The van der Waals surface area contributed by atoms with Crippen molar-refractivity contribution >= 4 is 8.80 Å². The second-order valence-corrected chi connectivity index (χ2v) is 11.1. The number of halogens is 1. The highest BCUT2D eigenvalue weighted by Crippen LogP contribution is 2.36. The van der Waals surface area contributed by atoms with E-state index in [1.165, 1.54) is 55.8 Å². The zero-order chi connectivity index (χ0) is 18.4. The van der Waals surface area contributed by atoms with E-state index in [0.717, 1.165) is 5.56 Å². The van der Waals surface area contributed by atoms with Crippen LogP contribution in [-0.4, -0.2) is 15.9 Å². The van der Waals surface area contributed by atoms with Gasteiger partial charge >= 0.3 is 0 Å². The maximum absolute atomic E-state index is 14.3. The Hall–Kier alpha value is -1.61. The van der Waals surface area contributed by atoms with Crippen LogP contribution in [0.3, 0.4) is 0 Å². The van der Waals surface area contributed by atoms with Crippen molar-refractivity contribution in [3.05, 3.63) is 53.8 Å². The molecule has 0 atom stereocenters. The van der Waals surface area contributed by atoms with Gasteiger partial charge in [-0.25, -0.2) is 4.39 Å². The van der Waals surface area contributed by atoms with Crippen molar-refractivity contribution in [2.75, 3.05) is 7.11 Å². The van der Waals surface area contributed by atoms with E-state index in [1.54, 1.807) is 19.2 Å². The summed E-state index contributed by atoms with van der Waals surface area (Å²) in [5.41, 5.74) is 3.02. The molecule has 0 amide bonds. The zero-order valence-corrected chi connectivity index (χ0v) is 17.3. The van der Waals surface area contributed by atoms with Crippen molar-refractivity contribution in [3.63, 3.8) is 0 Å². The Morgan fingerprint density at radius 3 is 2.38 bits per heavy atom. The fourth-order valence-corrected chi connectivity index (χ4v) is 7.74. The highest BCUT2D eigenvalue weighted by atomic mass is 28.3. The number of rotatable bonds is 7. The van der Waals surface area contributed by atoms with E-state index in [1.807, 2.05) is 6.07 Å². The van der Waals surface area contributed by atoms with Gasteiger partial charge in [-0.2, -0.15) is 0 Å². The van der Waals surface area contributed by atoms with E-state index < -0.39 is 8.80 Å². The first-order valence-corrected chi connectivity index (χ1v) is 12.6. The number of methoxy groups -OCH3 is 1. The lowest BCUT2D eigenvalue weighted by molar-refractivity contribution is 0.411. The molecule has 0 aliphatic carbocycles. The van der Waals surface area contributed by atoms with Gasteiger partial charge in [-0.05, 0) is 42.0 Å². The molecule has 0 bridgehead atoms. The predicted octanol–water partition coefficient (Wildman–Crippen LogP) is 6.80. The van der Waals surface area contributed by atoms with Crippen LogP contribution >= 0.6 is 0 Å². The van der Waals surface area contributed by atoms with Gasteiger partial charge in [0.15, 0.2) is 0 Å². The number of hydrogen-bond donors (Lipinski definition) is 0. The zero-order valence-electron chi connectivity index (χ0n) is 16.1. The molecule has 140 valence electrons. The Balaban J connectivity index is 1.60. The molecule has 1 aliphatic rings. The minimum Gasteiger partial charge on any atom is -0.497 e. The molecule has 0 saturated carbocycles. The molecule has 26 heavy (non-hydrogen) atoms. The highest BCUT2D eigenvalue weighted by Gasteiger charge is 2.23. The summed E-state index contributed by atoms with van der Waals surface area (Å²) in [5, 5.41) is 0. The number of ether oxygens (including phenoxy) is 1. The Kier molecular flexibility index (Phi) is 6.90. The van der Waals surface area contributed by atoms with Crippen LogP contribution in [-0.2, 0) is 0 Å². The average Bonchev–Trinajstić information content (AvgIpc) is 2.69. The molecule has 1 saturated heterocycles. The summed E-state index contributed by atoms with van der Waals surface area (Å²) in [6, 6.07) is 18.2. The Morgan fingerprint density at radius 1 is 1.04 bits per heavy atom. The van der Waals surface area contributed by atoms with Gasteiger partial charge in [-0.1, -0.05) is 68.6 Å². The van der Waals surface area contributed by atoms with Gasteiger partial charge in [-0.15, -0.1) is 0 Å². The lowest BCUT2D eigenvalue weighted by atomic mass is 9.92. The van der Waals surface area contributed by atoms with Crippen LogP contribution in [0.15, 0.2) is 42.5 Å². The lowest BCUT2D eigenvalue weighted by Crippen LogP contribution is -2.20. The molecule has 0 unspecified atom stereocenters. The van der Waals surface area contributed by atoms with E-state index in [4.69, 9.17) is 4.74 Å². The third-order valence-electron chi connectivity index (χ3n) is 5.93. The van der Waals surface area contributed by atoms with E-state index in [0.29, 0.717) is 17.2 Å². The molecule has 0 radical (unpaired) electrons. The highest BCUT2D eigenvalue weighted by molar-refractivity contribution is 6.59. The van der Waals surface area contributed by atoms with Gasteiger partial charge in [-0.3, -0.25) is 0 Å². The molecule has 3 rings (SSSR count). The quantitative estimate of drug-likeness (QED) is 0.385. The van der Waals surface area contributed by atoms with E-state index in [2.05, 4.69) is 31.2 Å². The molecule has 1 heterocycles. The molecule has 1 nitrogen and oxygen atoms in total. The number of benzene rings is 2. The van der Waals surface area contributed by atoms with Crippen LogP contribution in [0.1, 0.15) is 50.5 Å². The largest absolute Gasteiger partial charge is 0.497 e. The van der Waals surface area contributed by atoms with Crippen molar-refractivity contribution in [2.24, 2.45) is 0 Å². The first kappa shape index (κ1) is 19.2. The molecule has 0 N–H and O–H groups in total.